The number of thiazole rings is 1. The second kappa shape index (κ2) is 6.67. The number of ether oxygens (including phenoxy) is 1. The molecular formula is C15H14BrN3O3S. The molecule has 1 aromatic heterocycles. The van der Waals surface area contributed by atoms with Crippen LogP contribution in [0.4, 0.5) is 9.93 Å². The van der Waals surface area contributed by atoms with E-state index in [0.717, 1.165) is 15.0 Å². The number of nitrogens with zero attached hydrogens (tertiary/aromatic N) is 2. The minimum absolute atomic E-state index is 0.000901. The fraction of sp³-hybridized carbons (Fsp3) is 0.267. The van der Waals surface area contributed by atoms with Gasteiger partial charge < -0.3 is 9.64 Å². The third-order valence-electron chi connectivity index (χ3n) is 3.50. The zero-order valence-electron chi connectivity index (χ0n) is 12.3. The van der Waals surface area contributed by atoms with E-state index in [9.17, 15) is 9.59 Å². The van der Waals surface area contributed by atoms with Gasteiger partial charge in [0.25, 0.3) is 5.91 Å². The molecule has 1 aliphatic rings. The van der Waals surface area contributed by atoms with Crippen LogP contribution in [0.2, 0.25) is 0 Å². The molecule has 0 fully saturated rings. The lowest BCUT2D eigenvalue weighted by molar-refractivity contribution is 0.0736. The summed E-state index contributed by atoms with van der Waals surface area (Å²) in [6.45, 7) is 1.12. The average molecular weight is 396 g/mol. The Hall–Kier alpha value is -1.93. The maximum Gasteiger partial charge on any atom is 0.413 e. The Kier molecular flexibility index (Phi) is 4.63. The fourth-order valence-corrected chi connectivity index (χ4v) is 3.61. The monoisotopic (exact) mass is 395 g/mol. The van der Waals surface area contributed by atoms with Crippen molar-refractivity contribution in [2.75, 3.05) is 19.0 Å². The number of anilines is 1. The van der Waals surface area contributed by atoms with Crippen molar-refractivity contribution in [2.45, 2.75) is 13.0 Å². The first-order valence-electron chi connectivity index (χ1n) is 6.95. The summed E-state index contributed by atoms with van der Waals surface area (Å²) >= 11 is 4.74. The van der Waals surface area contributed by atoms with Crippen LogP contribution in [0.5, 0.6) is 0 Å². The molecule has 0 atom stereocenters. The van der Waals surface area contributed by atoms with E-state index in [1.165, 1.54) is 18.4 Å². The zero-order valence-corrected chi connectivity index (χ0v) is 14.7. The molecule has 120 valence electrons. The van der Waals surface area contributed by atoms with Crippen LogP contribution in [-0.2, 0) is 17.7 Å². The van der Waals surface area contributed by atoms with Crippen molar-refractivity contribution in [3.63, 3.8) is 0 Å². The third kappa shape index (κ3) is 3.53. The molecular weight excluding hydrogens is 382 g/mol. The van der Waals surface area contributed by atoms with E-state index in [1.54, 1.807) is 17.0 Å². The predicted octanol–water partition coefficient (Wildman–Crippen LogP) is 3.28. The molecule has 2 amide bonds. The number of nitrogens with one attached hydrogen (secondary N) is 1. The molecule has 3 rings (SSSR count). The summed E-state index contributed by atoms with van der Waals surface area (Å²) < 4.78 is 5.50. The average Bonchev–Trinajstić information content (AvgIpc) is 2.96. The normalized spacial score (nSPS) is 13.4. The summed E-state index contributed by atoms with van der Waals surface area (Å²) in [6.07, 6.45) is 0.135. The van der Waals surface area contributed by atoms with Crippen molar-refractivity contribution in [3.8, 4) is 0 Å². The first-order valence-corrected chi connectivity index (χ1v) is 8.56. The molecule has 8 heteroatoms. The van der Waals surface area contributed by atoms with Crippen LogP contribution in [0.3, 0.4) is 0 Å². The van der Waals surface area contributed by atoms with Gasteiger partial charge in [0.2, 0.25) is 0 Å². The Labute approximate surface area is 145 Å². The quantitative estimate of drug-likeness (QED) is 0.846. The largest absolute Gasteiger partial charge is 0.453 e. The van der Waals surface area contributed by atoms with Gasteiger partial charge in [-0.05, 0) is 24.3 Å². The highest BCUT2D eigenvalue weighted by molar-refractivity contribution is 9.10. The molecule has 23 heavy (non-hydrogen) atoms. The summed E-state index contributed by atoms with van der Waals surface area (Å²) in [6, 6.07) is 7.32. The molecule has 2 aromatic rings. The van der Waals surface area contributed by atoms with Crippen molar-refractivity contribution in [3.05, 3.63) is 44.9 Å². The zero-order chi connectivity index (χ0) is 16.4. The van der Waals surface area contributed by atoms with Crippen molar-refractivity contribution in [1.29, 1.82) is 0 Å². The molecule has 0 unspecified atom stereocenters. The summed E-state index contributed by atoms with van der Waals surface area (Å²) in [7, 11) is 1.31. The van der Waals surface area contributed by atoms with E-state index in [1.807, 2.05) is 12.1 Å². The van der Waals surface area contributed by atoms with Gasteiger partial charge in [0.05, 0.1) is 19.3 Å². The minimum Gasteiger partial charge on any atom is -0.453 e. The molecule has 2 heterocycles. The number of aromatic nitrogens is 1. The molecule has 0 radical (unpaired) electrons. The topological polar surface area (TPSA) is 71.5 Å². The minimum atomic E-state index is -0.543. The van der Waals surface area contributed by atoms with Gasteiger partial charge in [-0.1, -0.05) is 27.3 Å². The summed E-state index contributed by atoms with van der Waals surface area (Å²) in [4.78, 5) is 31.0. The van der Waals surface area contributed by atoms with Gasteiger partial charge in [0.15, 0.2) is 5.13 Å². The first kappa shape index (κ1) is 15.9. The number of carbonyl (C=O) groups excluding carboxylic acids is 2. The molecule has 0 spiro atoms. The van der Waals surface area contributed by atoms with Crippen molar-refractivity contribution >= 4 is 44.4 Å². The van der Waals surface area contributed by atoms with E-state index in [-0.39, 0.29) is 5.91 Å². The Balaban J connectivity index is 1.73. The van der Waals surface area contributed by atoms with Gasteiger partial charge in [-0.2, -0.15) is 0 Å². The van der Waals surface area contributed by atoms with Crippen molar-refractivity contribution < 1.29 is 14.3 Å². The van der Waals surface area contributed by atoms with Crippen LogP contribution in [-0.4, -0.2) is 35.5 Å². The van der Waals surface area contributed by atoms with Crippen molar-refractivity contribution in [1.82, 2.24) is 9.88 Å². The van der Waals surface area contributed by atoms with Gasteiger partial charge in [-0.3, -0.25) is 10.1 Å². The van der Waals surface area contributed by atoms with Gasteiger partial charge >= 0.3 is 6.09 Å². The van der Waals surface area contributed by atoms with E-state index in [4.69, 9.17) is 0 Å². The Morgan fingerprint density at radius 3 is 2.78 bits per heavy atom. The molecule has 1 N–H and O–H groups in total. The van der Waals surface area contributed by atoms with E-state index in [2.05, 4.69) is 31.0 Å². The molecule has 1 aliphatic heterocycles. The van der Waals surface area contributed by atoms with Crippen LogP contribution in [0.15, 0.2) is 28.7 Å². The van der Waals surface area contributed by atoms with E-state index < -0.39 is 6.09 Å². The van der Waals surface area contributed by atoms with E-state index in [0.29, 0.717) is 30.2 Å². The lowest BCUT2D eigenvalue weighted by atomic mass is 10.1. The van der Waals surface area contributed by atoms with Crippen LogP contribution >= 0.6 is 27.3 Å². The Bertz CT molecular complexity index is 745. The van der Waals surface area contributed by atoms with E-state index >= 15 is 0 Å². The van der Waals surface area contributed by atoms with Gasteiger partial charge in [0, 0.05) is 27.9 Å². The number of hydrogen-bond acceptors (Lipinski definition) is 5. The Morgan fingerprint density at radius 1 is 1.35 bits per heavy atom. The number of methoxy groups -OCH3 is 1. The van der Waals surface area contributed by atoms with Crippen molar-refractivity contribution in [2.24, 2.45) is 0 Å². The number of carbonyl (C=O) groups is 2. The molecule has 0 saturated carbocycles. The lowest BCUT2D eigenvalue weighted by Crippen LogP contribution is -2.35. The van der Waals surface area contributed by atoms with Crippen LogP contribution in [0.25, 0.3) is 0 Å². The Morgan fingerprint density at radius 2 is 2.09 bits per heavy atom. The summed E-state index contributed by atoms with van der Waals surface area (Å²) in [5.41, 5.74) is 1.59. The molecule has 0 aliphatic carbocycles. The smallest absolute Gasteiger partial charge is 0.413 e. The predicted molar refractivity (Wildman–Crippen MR) is 90.7 cm³/mol. The second-order valence-corrected chi connectivity index (χ2v) is 6.99. The highest BCUT2D eigenvalue weighted by atomic mass is 79.9. The van der Waals surface area contributed by atoms with Gasteiger partial charge in [0.1, 0.15) is 0 Å². The van der Waals surface area contributed by atoms with Gasteiger partial charge in [-0.15, -0.1) is 0 Å². The molecule has 0 saturated heterocycles. The number of hydrogen-bond donors (Lipinski definition) is 1. The molecule has 0 bridgehead atoms. The summed E-state index contributed by atoms with van der Waals surface area (Å²) in [5, 5.41) is 3.07. The first-order chi connectivity index (χ1) is 11.1. The number of amides is 2. The number of fused-ring (bicyclic) bond motifs is 1. The van der Waals surface area contributed by atoms with Crippen LogP contribution in [0.1, 0.15) is 20.9 Å². The number of benzene rings is 1. The third-order valence-corrected chi connectivity index (χ3v) is 5.03. The van der Waals surface area contributed by atoms with Crippen LogP contribution in [0, 0.1) is 0 Å². The lowest BCUT2D eigenvalue weighted by Gasteiger charge is -2.26. The highest BCUT2D eigenvalue weighted by Gasteiger charge is 2.25. The fourth-order valence-electron chi connectivity index (χ4n) is 2.34. The summed E-state index contributed by atoms with van der Waals surface area (Å²) in [5.74, 6) is -0.000901. The maximum absolute atomic E-state index is 12.6. The SMILES string of the molecule is COC(=O)Nc1nc2c(s1)CN(C(=O)c1ccc(Br)cc1)CC2. The van der Waals surface area contributed by atoms with Crippen LogP contribution < -0.4 is 5.32 Å². The molecule has 1 aromatic carbocycles. The maximum atomic E-state index is 12.6. The highest BCUT2D eigenvalue weighted by Crippen LogP contribution is 2.29. The number of rotatable bonds is 2. The number of halogens is 1. The standard InChI is InChI=1S/C15H14BrN3O3S/c1-22-15(21)18-14-17-11-6-7-19(8-12(11)23-14)13(20)9-2-4-10(16)5-3-9/h2-5H,6-8H2,1H3,(H,17,18,21). The molecule has 6 nitrogen and oxygen atoms in total. The van der Waals surface area contributed by atoms with Gasteiger partial charge in [-0.25, -0.2) is 9.78 Å². The second-order valence-electron chi connectivity index (χ2n) is 4.99.